The monoisotopic (exact) mass is 166 g/mol. The lowest BCUT2D eigenvalue weighted by Gasteiger charge is -1.95. The van der Waals surface area contributed by atoms with Gasteiger partial charge in [-0.3, -0.25) is 4.79 Å². The minimum atomic E-state index is 0.560. The lowest BCUT2D eigenvalue weighted by atomic mass is 10.1. The summed E-state index contributed by atoms with van der Waals surface area (Å²) in [6.45, 7) is 3.57. The predicted molar refractivity (Wildman–Crippen MR) is 46.9 cm³/mol. The van der Waals surface area contributed by atoms with E-state index in [4.69, 9.17) is 11.6 Å². The van der Waals surface area contributed by atoms with Crippen molar-refractivity contribution in [3.63, 3.8) is 0 Å². The molecule has 0 bridgehead atoms. The van der Waals surface area contributed by atoms with Crippen LogP contribution in [0.1, 0.15) is 15.9 Å². The molecule has 1 nitrogen and oxygen atoms in total. The summed E-state index contributed by atoms with van der Waals surface area (Å²) in [6, 6.07) is 5.09. The first-order valence-electron chi connectivity index (χ1n) is 3.14. The van der Waals surface area contributed by atoms with Crippen LogP contribution in [0.25, 0.3) is 6.08 Å². The van der Waals surface area contributed by atoms with E-state index in [9.17, 15) is 4.79 Å². The summed E-state index contributed by atoms with van der Waals surface area (Å²) in [5.74, 6) is 0. The second-order valence-corrected chi connectivity index (χ2v) is 2.58. The number of hydrogen-bond acceptors (Lipinski definition) is 1. The van der Waals surface area contributed by atoms with Crippen LogP contribution in [0.2, 0.25) is 5.02 Å². The van der Waals surface area contributed by atoms with E-state index in [2.05, 4.69) is 6.58 Å². The minimum absolute atomic E-state index is 0.560. The fourth-order valence-electron chi connectivity index (χ4n) is 0.822. The molecule has 0 aromatic heterocycles. The molecule has 0 aliphatic rings. The van der Waals surface area contributed by atoms with Crippen molar-refractivity contribution < 1.29 is 4.79 Å². The highest BCUT2D eigenvalue weighted by atomic mass is 35.5. The molecule has 0 heterocycles. The Bertz CT molecular complexity index is 265. The summed E-state index contributed by atoms with van der Waals surface area (Å²) in [7, 11) is 0. The van der Waals surface area contributed by atoms with E-state index in [0.29, 0.717) is 10.6 Å². The Morgan fingerprint density at radius 3 is 2.45 bits per heavy atom. The maximum Gasteiger partial charge on any atom is 0.150 e. The molecule has 0 amide bonds. The number of rotatable bonds is 2. The highest BCUT2D eigenvalue weighted by Gasteiger charge is 1.94. The summed E-state index contributed by atoms with van der Waals surface area (Å²) < 4.78 is 0. The summed E-state index contributed by atoms with van der Waals surface area (Å²) in [5.41, 5.74) is 1.44. The van der Waals surface area contributed by atoms with Crippen LogP contribution in [0.4, 0.5) is 0 Å². The van der Waals surface area contributed by atoms with Crippen LogP contribution in [0.3, 0.4) is 0 Å². The number of benzene rings is 1. The molecule has 2 heteroatoms. The van der Waals surface area contributed by atoms with E-state index in [1.54, 1.807) is 24.3 Å². The summed E-state index contributed by atoms with van der Waals surface area (Å²) >= 11 is 5.70. The molecule has 0 radical (unpaired) electrons. The van der Waals surface area contributed by atoms with E-state index >= 15 is 0 Å². The Hall–Kier alpha value is -1.08. The van der Waals surface area contributed by atoms with Crippen molar-refractivity contribution >= 4 is 24.0 Å². The van der Waals surface area contributed by atoms with Gasteiger partial charge in [-0.05, 0) is 23.8 Å². The fourth-order valence-corrected chi connectivity index (χ4v) is 1.07. The maximum atomic E-state index is 10.3. The Balaban J connectivity index is 3.21. The Kier molecular flexibility index (Phi) is 2.44. The van der Waals surface area contributed by atoms with Crippen LogP contribution >= 0.6 is 11.6 Å². The Morgan fingerprint density at radius 1 is 1.27 bits per heavy atom. The van der Waals surface area contributed by atoms with Gasteiger partial charge in [-0.25, -0.2) is 0 Å². The molecule has 11 heavy (non-hydrogen) atoms. The van der Waals surface area contributed by atoms with Gasteiger partial charge < -0.3 is 0 Å². The van der Waals surface area contributed by atoms with E-state index in [-0.39, 0.29) is 0 Å². The zero-order valence-corrected chi connectivity index (χ0v) is 6.64. The SMILES string of the molecule is C=Cc1cc(Cl)cc(C=O)c1. The number of carbonyl (C=O) groups is 1. The minimum Gasteiger partial charge on any atom is -0.298 e. The summed E-state index contributed by atoms with van der Waals surface area (Å²) in [6.07, 6.45) is 2.41. The third-order valence-corrected chi connectivity index (χ3v) is 1.53. The molecule has 0 N–H and O–H groups in total. The van der Waals surface area contributed by atoms with Crippen LogP contribution in [0, 0.1) is 0 Å². The van der Waals surface area contributed by atoms with Gasteiger partial charge in [0.1, 0.15) is 6.29 Å². The van der Waals surface area contributed by atoms with Gasteiger partial charge in [0, 0.05) is 10.6 Å². The van der Waals surface area contributed by atoms with Gasteiger partial charge in [-0.2, -0.15) is 0 Å². The highest BCUT2D eigenvalue weighted by Crippen LogP contribution is 2.14. The topological polar surface area (TPSA) is 17.1 Å². The zero-order chi connectivity index (χ0) is 8.27. The quantitative estimate of drug-likeness (QED) is 0.618. The Labute approximate surface area is 70.3 Å². The van der Waals surface area contributed by atoms with Crippen LogP contribution < -0.4 is 0 Å². The lowest BCUT2D eigenvalue weighted by molar-refractivity contribution is 0.112. The number of carbonyl (C=O) groups excluding carboxylic acids is 1. The molecule has 0 spiro atoms. The third-order valence-electron chi connectivity index (χ3n) is 1.31. The molecule has 0 aliphatic heterocycles. The molecule has 0 saturated heterocycles. The third kappa shape index (κ3) is 1.92. The summed E-state index contributed by atoms with van der Waals surface area (Å²) in [4.78, 5) is 10.3. The van der Waals surface area contributed by atoms with E-state index < -0.39 is 0 Å². The first kappa shape index (κ1) is 8.02. The van der Waals surface area contributed by atoms with Crippen molar-refractivity contribution in [2.45, 2.75) is 0 Å². The lowest BCUT2D eigenvalue weighted by Crippen LogP contribution is -1.80. The molecule has 1 aromatic carbocycles. The number of hydrogen-bond donors (Lipinski definition) is 0. The molecule has 1 aromatic rings. The van der Waals surface area contributed by atoms with Gasteiger partial charge in [-0.1, -0.05) is 24.3 Å². The van der Waals surface area contributed by atoms with Gasteiger partial charge in [0.2, 0.25) is 0 Å². The largest absolute Gasteiger partial charge is 0.298 e. The second kappa shape index (κ2) is 3.35. The average Bonchev–Trinajstić information content (AvgIpc) is 2.03. The smallest absolute Gasteiger partial charge is 0.150 e. The van der Waals surface area contributed by atoms with Crippen LogP contribution in [-0.2, 0) is 0 Å². The molecule has 0 atom stereocenters. The molecule has 0 fully saturated rings. The number of aldehydes is 1. The van der Waals surface area contributed by atoms with Crippen molar-refractivity contribution in [3.8, 4) is 0 Å². The average molecular weight is 167 g/mol. The fraction of sp³-hybridized carbons (Fsp3) is 0. The molecule has 0 aliphatic carbocycles. The van der Waals surface area contributed by atoms with Gasteiger partial charge in [0.05, 0.1) is 0 Å². The molecular weight excluding hydrogens is 160 g/mol. The van der Waals surface area contributed by atoms with Crippen molar-refractivity contribution in [3.05, 3.63) is 40.9 Å². The summed E-state index contributed by atoms with van der Waals surface area (Å²) in [5, 5.41) is 0.560. The van der Waals surface area contributed by atoms with Gasteiger partial charge in [0.15, 0.2) is 0 Å². The van der Waals surface area contributed by atoms with Crippen molar-refractivity contribution in [2.75, 3.05) is 0 Å². The van der Waals surface area contributed by atoms with Crippen molar-refractivity contribution in [1.82, 2.24) is 0 Å². The first-order chi connectivity index (χ1) is 5.26. The van der Waals surface area contributed by atoms with Crippen LogP contribution in [0.5, 0.6) is 0 Å². The van der Waals surface area contributed by atoms with Crippen molar-refractivity contribution in [2.24, 2.45) is 0 Å². The normalized spacial score (nSPS) is 9.18. The van der Waals surface area contributed by atoms with Crippen LogP contribution in [-0.4, -0.2) is 6.29 Å². The number of halogens is 1. The molecular formula is C9H7ClO. The molecule has 0 saturated carbocycles. The predicted octanol–water partition coefficient (Wildman–Crippen LogP) is 2.80. The van der Waals surface area contributed by atoms with E-state index in [1.165, 1.54) is 0 Å². The maximum absolute atomic E-state index is 10.3. The van der Waals surface area contributed by atoms with Gasteiger partial charge in [-0.15, -0.1) is 0 Å². The zero-order valence-electron chi connectivity index (χ0n) is 5.88. The van der Waals surface area contributed by atoms with Crippen LogP contribution in [0.15, 0.2) is 24.8 Å². The van der Waals surface area contributed by atoms with E-state index in [0.717, 1.165) is 11.8 Å². The van der Waals surface area contributed by atoms with E-state index in [1.807, 2.05) is 0 Å². The highest BCUT2D eigenvalue weighted by molar-refractivity contribution is 6.31. The first-order valence-corrected chi connectivity index (χ1v) is 3.52. The standard InChI is InChI=1S/C9H7ClO/c1-2-7-3-8(6-11)5-9(10)4-7/h2-6H,1H2. The van der Waals surface area contributed by atoms with Gasteiger partial charge >= 0.3 is 0 Å². The molecule has 0 unspecified atom stereocenters. The second-order valence-electron chi connectivity index (χ2n) is 2.14. The Morgan fingerprint density at radius 2 is 1.91 bits per heavy atom. The van der Waals surface area contributed by atoms with Gasteiger partial charge in [0.25, 0.3) is 0 Å². The molecule has 1 rings (SSSR count). The van der Waals surface area contributed by atoms with Crippen molar-refractivity contribution in [1.29, 1.82) is 0 Å². The molecule has 56 valence electrons.